The monoisotopic (exact) mass is 554 g/mol. The second-order valence-electron chi connectivity index (χ2n) is 10.4. The summed E-state index contributed by atoms with van der Waals surface area (Å²) in [7, 11) is 0. The normalized spacial score (nSPS) is 19.8. The van der Waals surface area contributed by atoms with Crippen LogP contribution in [0.15, 0.2) is 64.0 Å². The van der Waals surface area contributed by atoms with Crippen LogP contribution in [-0.4, -0.2) is 59.1 Å². The number of ketones is 1. The lowest BCUT2D eigenvalue weighted by Crippen LogP contribution is -2.36. The molecule has 4 heterocycles. The van der Waals surface area contributed by atoms with E-state index in [2.05, 4.69) is 20.4 Å². The van der Waals surface area contributed by atoms with E-state index in [0.717, 1.165) is 45.5 Å². The molecule has 7 rings (SSSR count). The summed E-state index contributed by atoms with van der Waals surface area (Å²) < 4.78 is 11.7. The number of fused-ring (bicyclic) bond motifs is 1. The summed E-state index contributed by atoms with van der Waals surface area (Å²) in [6.45, 7) is 2.96. The lowest BCUT2D eigenvalue weighted by molar-refractivity contribution is -0.119. The Bertz CT molecular complexity index is 1540. The molecular weight excluding hydrogens is 524 g/mol. The second kappa shape index (κ2) is 10.9. The van der Waals surface area contributed by atoms with Crippen LogP contribution >= 0.6 is 11.3 Å². The lowest BCUT2D eigenvalue weighted by atomic mass is 9.96. The smallest absolute Gasteiger partial charge is 0.317 e. The Hall–Kier alpha value is -3.89. The van der Waals surface area contributed by atoms with Gasteiger partial charge in [0.15, 0.2) is 17.6 Å². The minimum Gasteiger partial charge on any atom is -0.402 e. The van der Waals surface area contributed by atoms with Gasteiger partial charge < -0.3 is 19.4 Å². The lowest BCUT2D eigenvalue weighted by Gasteiger charge is -2.27. The summed E-state index contributed by atoms with van der Waals surface area (Å²) in [4.78, 5) is 25.6. The number of nitrogens with zero attached hydrogens (tertiary/aromatic N) is 5. The number of rotatable bonds is 6. The molecule has 1 aliphatic carbocycles. The van der Waals surface area contributed by atoms with Crippen molar-refractivity contribution in [3.63, 3.8) is 0 Å². The van der Waals surface area contributed by atoms with E-state index in [1.165, 1.54) is 25.7 Å². The predicted octanol–water partition coefficient (Wildman–Crippen LogP) is 5.09. The highest BCUT2D eigenvalue weighted by Crippen LogP contribution is 2.43. The molecule has 1 saturated heterocycles. The van der Waals surface area contributed by atoms with Gasteiger partial charge >= 0.3 is 6.01 Å². The Labute approximate surface area is 236 Å². The quantitative estimate of drug-likeness (QED) is 0.352. The van der Waals surface area contributed by atoms with Crippen LogP contribution in [0.2, 0.25) is 0 Å². The molecule has 2 aromatic heterocycles. The van der Waals surface area contributed by atoms with Gasteiger partial charge in [0, 0.05) is 36.6 Å². The number of hydrogen-bond donors (Lipinski definition) is 1. The summed E-state index contributed by atoms with van der Waals surface area (Å²) in [5.74, 6) is 0.764. The number of aliphatic imine (C=N–C) groups is 1. The zero-order valence-electron chi connectivity index (χ0n) is 22.1. The molecule has 2 aromatic carbocycles. The molecule has 1 saturated carbocycles. The summed E-state index contributed by atoms with van der Waals surface area (Å²) in [6, 6.07) is 18.0. The van der Waals surface area contributed by atoms with Crippen molar-refractivity contribution >= 4 is 33.8 Å². The molecule has 1 N–H and O–H groups in total. The number of benzene rings is 2. The highest BCUT2D eigenvalue weighted by molar-refractivity contribution is 7.16. The van der Waals surface area contributed by atoms with Crippen molar-refractivity contribution in [1.29, 1.82) is 0 Å². The SMILES string of the molecule is O=C1Cc2ccccc2C(c2ccccc2)=N[C@@H]1Nc1nnc(-c2nc(C3CCCC3)sc2N2CCOCC2)o1. The van der Waals surface area contributed by atoms with Crippen LogP contribution in [-0.2, 0) is 16.0 Å². The zero-order chi connectivity index (χ0) is 26.9. The van der Waals surface area contributed by atoms with Crippen LogP contribution in [0.25, 0.3) is 11.6 Å². The van der Waals surface area contributed by atoms with Crippen molar-refractivity contribution in [2.24, 2.45) is 4.99 Å². The number of thiazole rings is 1. The first-order valence-corrected chi connectivity index (χ1v) is 14.7. The summed E-state index contributed by atoms with van der Waals surface area (Å²) in [5.41, 5.74) is 4.31. The molecule has 3 aliphatic rings. The fourth-order valence-corrected chi connectivity index (χ4v) is 6.97. The third kappa shape index (κ3) is 4.93. The number of ether oxygens (including phenoxy) is 1. The molecule has 0 spiro atoms. The third-order valence-corrected chi connectivity index (χ3v) is 9.04. The number of nitrogens with one attached hydrogen (secondary N) is 1. The van der Waals surface area contributed by atoms with E-state index in [0.29, 0.717) is 30.7 Å². The number of carbonyl (C=O) groups excluding carboxylic acids is 1. The topological polar surface area (TPSA) is 106 Å². The number of morpholine rings is 1. The van der Waals surface area contributed by atoms with Gasteiger partial charge in [0.05, 0.1) is 23.9 Å². The Morgan fingerprint density at radius 2 is 1.73 bits per heavy atom. The number of hydrogen-bond acceptors (Lipinski definition) is 10. The van der Waals surface area contributed by atoms with Gasteiger partial charge in [0.25, 0.3) is 5.89 Å². The molecule has 0 bridgehead atoms. The number of carbonyl (C=O) groups is 1. The minimum atomic E-state index is -0.862. The molecule has 204 valence electrons. The van der Waals surface area contributed by atoms with E-state index in [4.69, 9.17) is 19.1 Å². The van der Waals surface area contributed by atoms with Gasteiger partial charge in [-0.2, -0.15) is 0 Å². The maximum absolute atomic E-state index is 13.4. The molecule has 10 heteroatoms. The van der Waals surface area contributed by atoms with Gasteiger partial charge in [-0.1, -0.05) is 72.5 Å². The van der Waals surface area contributed by atoms with Gasteiger partial charge in [0.1, 0.15) is 5.00 Å². The maximum Gasteiger partial charge on any atom is 0.317 e. The summed E-state index contributed by atoms with van der Waals surface area (Å²) in [5, 5.41) is 13.9. The summed E-state index contributed by atoms with van der Waals surface area (Å²) >= 11 is 1.73. The number of aromatic nitrogens is 3. The van der Waals surface area contributed by atoms with Crippen LogP contribution in [0, 0.1) is 0 Å². The van der Waals surface area contributed by atoms with E-state index in [1.807, 2.05) is 54.6 Å². The van der Waals surface area contributed by atoms with E-state index >= 15 is 0 Å². The predicted molar refractivity (Wildman–Crippen MR) is 154 cm³/mol. The molecule has 9 nitrogen and oxygen atoms in total. The average molecular weight is 555 g/mol. The van der Waals surface area contributed by atoms with Gasteiger partial charge in [0.2, 0.25) is 0 Å². The van der Waals surface area contributed by atoms with Gasteiger partial charge in [-0.15, -0.1) is 16.4 Å². The Kier molecular flexibility index (Phi) is 6.86. The number of anilines is 2. The fourth-order valence-electron chi connectivity index (χ4n) is 5.69. The average Bonchev–Trinajstić information content (AvgIpc) is 3.76. The van der Waals surface area contributed by atoms with Gasteiger partial charge in [-0.05, 0) is 18.4 Å². The van der Waals surface area contributed by atoms with Crippen LogP contribution in [0.1, 0.15) is 53.3 Å². The largest absolute Gasteiger partial charge is 0.402 e. The van der Waals surface area contributed by atoms with E-state index in [1.54, 1.807) is 11.3 Å². The van der Waals surface area contributed by atoms with Crippen LogP contribution in [0.3, 0.4) is 0 Å². The van der Waals surface area contributed by atoms with Gasteiger partial charge in [-0.25, -0.2) is 4.98 Å². The van der Waals surface area contributed by atoms with Crippen molar-refractivity contribution in [2.45, 2.75) is 44.2 Å². The molecular formula is C30H30N6O3S. The third-order valence-electron chi connectivity index (χ3n) is 7.76. The van der Waals surface area contributed by atoms with Crippen LogP contribution < -0.4 is 10.2 Å². The molecule has 2 aliphatic heterocycles. The maximum atomic E-state index is 13.4. The highest BCUT2D eigenvalue weighted by Gasteiger charge is 2.30. The Morgan fingerprint density at radius 1 is 0.950 bits per heavy atom. The van der Waals surface area contributed by atoms with Crippen molar-refractivity contribution in [3.8, 4) is 11.6 Å². The van der Waals surface area contributed by atoms with Crippen LogP contribution in [0.5, 0.6) is 0 Å². The highest BCUT2D eigenvalue weighted by atomic mass is 32.1. The minimum absolute atomic E-state index is 0.0654. The zero-order valence-corrected chi connectivity index (χ0v) is 22.9. The van der Waals surface area contributed by atoms with Crippen molar-refractivity contribution in [2.75, 3.05) is 36.5 Å². The van der Waals surface area contributed by atoms with E-state index in [-0.39, 0.29) is 18.2 Å². The number of Topliss-reactive ketones (excluding diaryl/α,β-unsaturated/α-hetero) is 1. The molecule has 4 aromatic rings. The standard InChI is InChI=1S/C30H30N6O3S/c37-23-18-21-12-6-7-13-22(21)24(19-8-2-1-3-9-19)31-26(23)33-30-35-34-27(39-30)25-29(36-14-16-38-17-15-36)40-28(32-25)20-10-4-5-11-20/h1-3,6-9,12-13,20,26H,4-5,10-11,14-18H2,(H,33,35)/t26-/m1/s1. The van der Waals surface area contributed by atoms with Crippen molar-refractivity contribution in [3.05, 3.63) is 76.3 Å². The molecule has 40 heavy (non-hydrogen) atoms. The molecule has 0 radical (unpaired) electrons. The Balaban J connectivity index is 1.21. The first-order valence-electron chi connectivity index (χ1n) is 13.9. The van der Waals surface area contributed by atoms with Crippen molar-refractivity contribution in [1.82, 2.24) is 15.2 Å². The first-order chi connectivity index (χ1) is 19.7. The van der Waals surface area contributed by atoms with Crippen LogP contribution in [0.4, 0.5) is 11.0 Å². The summed E-state index contributed by atoms with van der Waals surface area (Å²) in [6.07, 6.45) is 4.21. The molecule has 0 unspecified atom stereocenters. The molecule has 1 atom stereocenters. The van der Waals surface area contributed by atoms with E-state index < -0.39 is 6.17 Å². The van der Waals surface area contributed by atoms with Crippen molar-refractivity contribution < 1.29 is 13.9 Å². The van der Waals surface area contributed by atoms with Gasteiger partial charge in [-0.3, -0.25) is 9.79 Å². The second-order valence-corrected chi connectivity index (χ2v) is 11.4. The van der Waals surface area contributed by atoms with E-state index in [9.17, 15) is 4.79 Å². The molecule has 0 amide bonds. The first kappa shape index (κ1) is 25.1. The fraction of sp³-hybridized carbons (Fsp3) is 0.367. The molecule has 2 fully saturated rings. The Morgan fingerprint density at radius 3 is 2.55 bits per heavy atom.